The van der Waals surface area contributed by atoms with Crippen LogP contribution in [0.4, 0.5) is 0 Å². The molecule has 0 bridgehead atoms. The van der Waals surface area contributed by atoms with E-state index in [0.29, 0.717) is 12.0 Å². The lowest BCUT2D eigenvalue weighted by Gasteiger charge is -2.64. The number of aliphatic hydroxyl groups is 7. The Kier molecular flexibility index (Phi) is 9.67. The number of Topliss-reactive ketones (excluding diaryl/α,β-unsaturated/α-hetero) is 3. The summed E-state index contributed by atoms with van der Waals surface area (Å²) in [5.74, 6) is -2.63. The summed E-state index contributed by atoms with van der Waals surface area (Å²) in [5.41, 5.74) is -4.31. The standard InChI is InChI=1S/C36H54O12/c1-17(15-37)8-11-24(40)36(7,46)29-20(39)13-33(4)23-10-9-18-19(35(23,6)25(41)14-34(29,33)5)12-21(30(45)32(18,2)3)47-31-28(44)27(43)26(42)22(16-38)48-31/h8-9,19-23,26-29,31,37-39,42-44,46H,10-16H2,1-7H3/b17-8+/t19-,20-,21+,22-,23+,26-,27+,28-,29+,31-,33+,34-,35+,36+/m1/s1. The maximum atomic E-state index is 14.7. The predicted octanol–water partition coefficient (Wildman–Crippen LogP) is 0.754. The number of carbonyl (C=O) groups is 3. The summed E-state index contributed by atoms with van der Waals surface area (Å²) in [7, 11) is 0. The van der Waals surface area contributed by atoms with Gasteiger partial charge in [-0.05, 0) is 69.6 Å². The minimum Gasteiger partial charge on any atom is -0.394 e. The van der Waals surface area contributed by atoms with Crippen LogP contribution in [0.5, 0.6) is 0 Å². The lowest BCUT2D eigenvalue weighted by Crippen LogP contribution is -2.66. The molecule has 1 heterocycles. The van der Waals surface area contributed by atoms with Crippen LogP contribution in [0, 0.1) is 39.4 Å². The van der Waals surface area contributed by atoms with Gasteiger partial charge in [0, 0.05) is 29.6 Å². The summed E-state index contributed by atoms with van der Waals surface area (Å²) >= 11 is 0. The maximum absolute atomic E-state index is 14.7. The van der Waals surface area contributed by atoms with Crippen LogP contribution in [0.25, 0.3) is 0 Å². The van der Waals surface area contributed by atoms with Crippen molar-refractivity contribution in [1.29, 1.82) is 0 Å². The number of ether oxygens (including phenoxy) is 2. The lowest BCUT2D eigenvalue weighted by molar-refractivity contribution is -0.311. The van der Waals surface area contributed by atoms with Crippen molar-refractivity contribution in [2.75, 3.05) is 13.2 Å². The van der Waals surface area contributed by atoms with E-state index in [1.165, 1.54) is 6.92 Å². The number of fused-ring (bicyclic) bond motifs is 5. The number of hydrogen-bond donors (Lipinski definition) is 7. The Morgan fingerprint density at radius 2 is 1.69 bits per heavy atom. The fourth-order valence-corrected chi connectivity index (χ4v) is 10.5. The summed E-state index contributed by atoms with van der Waals surface area (Å²) in [6.07, 6.45) is -5.71. The molecule has 12 heteroatoms. The Hall–Kier alpha value is -1.87. The molecule has 14 atom stereocenters. The SMILES string of the molecule is C/C(=C\CC(=O)[C@](C)(O)[C@H]1[C@H](O)C[C@@]2(C)[C@@H]3CC=C4[C@@H](C[C@H](O[C@@H]5O[C@H](CO)[C@@H](O)[C@H](O)[C@H]5O)C(=O)C4(C)C)[C@]3(C)C(=O)C[C@]12C)CO. The highest BCUT2D eigenvalue weighted by Crippen LogP contribution is 2.74. The van der Waals surface area contributed by atoms with Crippen LogP contribution in [0.3, 0.4) is 0 Å². The molecule has 0 radical (unpaired) electrons. The summed E-state index contributed by atoms with van der Waals surface area (Å²) in [6, 6.07) is 0. The Morgan fingerprint density at radius 1 is 1.04 bits per heavy atom. The number of ketones is 3. The molecule has 0 amide bonds. The van der Waals surface area contributed by atoms with Crippen LogP contribution in [0.2, 0.25) is 0 Å². The van der Waals surface area contributed by atoms with E-state index in [2.05, 4.69) is 0 Å². The number of carbonyl (C=O) groups excluding carboxylic acids is 3. The van der Waals surface area contributed by atoms with Gasteiger partial charge >= 0.3 is 0 Å². The van der Waals surface area contributed by atoms with E-state index < -0.39 is 94.4 Å². The first kappa shape index (κ1) is 37.4. The van der Waals surface area contributed by atoms with Gasteiger partial charge in [0.1, 0.15) is 41.9 Å². The van der Waals surface area contributed by atoms with Crippen molar-refractivity contribution < 1.29 is 59.6 Å². The van der Waals surface area contributed by atoms with Crippen molar-refractivity contribution in [3.63, 3.8) is 0 Å². The van der Waals surface area contributed by atoms with Crippen molar-refractivity contribution in [2.24, 2.45) is 39.4 Å². The van der Waals surface area contributed by atoms with Crippen LogP contribution < -0.4 is 0 Å². The number of rotatable bonds is 8. The van der Waals surface area contributed by atoms with Gasteiger partial charge in [-0.2, -0.15) is 0 Å². The van der Waals surface area contributed by atoms with Gasteiger partial charge in [-0.3, -0.25) is 14.4 Å². The largest absolute Gasteiger partial charge is 0.394 e. The first-order valence-corrected chi connectivity index (χ1v) is 17.1. The van der Waals surface area contributed by atoms with E-state index in [0.717, 1.165) is 5.57 Å². The molecule has 3 saturated carbocycles. The molecular weight excluding hydrogens is 624 g/mol. The quantitative estimate of drug-likeness (QED) is 0.177. The predicted molar refractivity (Wildman–Crippen MR) is 171 cm³/mol. The molecule has 5 aliphatic rings. The molecule has 0 spiro atoms. The minimum atomic E-state index is -1.95. The fourth-order valence-electron chi connectivity index (χ4n) is 10.5. The van der Waals surface area contributed by atoms with Crippen LogP contribution in [-0.2, 0) is 23.9 Å². The van der Waals surface area contributed by atoms with Crippen LogP contribution in [-0.4, -0.2) is 115 Å². The Balaban J connectivity index is 1.50. The zero-order valence-electron chi connectivity index (χ0n) is 29.0. The third-order valence-electron chi connectivity index (χ3n) is 13.6. The van der Waals surface area contributed by atoms with Crippen molar-refractivity contribution in [1.82, 2.24) is 0 Å². The van der Waals surface area contributed by atoms with Crippen LogP contribution >= 0.6 is 0 Å². The van der Waals surface area contributed by atoms with E-state index in [4.69, 9.17) is 9.47 Å². The van der Waals surface area contributed by atoms with E-state index in [1.807, 2.05) is 26.8 Å². The average Bonchev–Trinajstić information content (AvgIpc) is 3.23. The summed E-state index contributed by atoms with van der Waals surface area (Å²) < 4.78 is 11.6. The highest BCUT2D eigenvalue weighted by Gasteiger charge is 2.74. The molecule has 4 aliphatic carbocycles. The van der Waals surface area contributed by atoms with Gasteiger partial charge in [0.15, 0.2) is 17.9 Å². The smallest absolute Gasteiger partial charge is 0.187 e. The molecule has 12 nitrogen and oxygen atoms in total. The Bertz CT molecular complexity index is 1380. The van der Waals surface area contributed by atoms with Crippen molar-refractivity contribution in [3.05, 3.63) is 23.3 Å². The number of hydrogen-bond acceptors (Lipinski definition) is 12. The molecule has 1 aliphatic heterocycles. The molecule has 0 aromatic heterocycles. The zero-order chi connectivity index (χ0) is 35.9. The van der Waals surface area contributed by atoms with Crippen molar-refractivity contribution in [2.45, 2.75) is 129 Å². The van der Waals surface area contributed by atoms with Gasteiger partial charge in [0.25, 0.3) is 0 Å². The summed E-state index contributed by atoms with van der Waals surface area (Å²) in [4.78, 5) is 42.1. The topological polar surface area (TPSA) is 211 Å². The molecule has 0 aromatic rings. The highest BCUT2D eigenvalue weighted by atomic mass is 16.7. The first-order chi connectivity index (χ1) is 22.1. The molecule has 4 fully saturated rings. The van der Waals surface area contributed by atoms with Crippen molar-refractivity contribution >= 4 is 17.3 Å². The van der Waals surface area contributed by atoms with E-state index in [1.54, 1.807) is 26.8 Å². The van der Waals surface area contributed by atoms with E-state index in [-0.39, 0.29) is 49.8 Å². The fraction of sp³-hybridized carbons (Fsp3) is 0.806. The molecule has 48 heavy (non-hydrogen) atoms. The number of allylic oxidation sites excluding steroid dienone is 3. The van der Waals surface area contributed by atoms with Crippen LogP contribution in [0.15, 0.2) is 23.3 Å². The Labute approximate surface area is 281 Å². The number of aliphatic hydroxyl groups excluding tert-OH is 6. The second-order valence-electron chi connectivity index (χ2n) is 16.5. The average molecular weight is 679 g/mol. The normalized spacial score (nSPS) is 47.0. The van der Waals surface area contributed by atoms with Gasteiger partial charge in [0.2, 0.25) is 0 Å². The van der Waals surface area contributed by atoms with E-state index >= 15 is 0 Å². The third kappa shape index (κ3) is 5.24. The summed E-state index contributed by atoms with van der Waals surface area (Å²) in [5, 5.41) is 73.7. The van der Waals surface area contributed by atoms with Gasteiger partial charge < -0.3 is 45.2 Å². The second-order valence-corrected chi connectivity index (χ2v) is 16.5. The van der Waals surface area contributed by atoms with Gasteiger partial charge in [-0.25, -0.2) is 0 Å². The van der Waals surface area contributed by atoms with E-state index in [9.17, 15) is 50.1 Å². The minimum absolute atomic E-state index is 0.0104. The molecule has 0 aromatic carbocycles. The van der Waals surface area contributed by atoms with Gasteiger partial charge in [-0.15, -0.1) is 0 Å². The molecule has 270 valence electrons. The zero-order valence-corrected chi connectivity index (χ0v) is 29.0. The molecule has 1 saturated heterocycles. The lowest BCUT2D eigenvalue weighted by atomic mass is 9.38. The molecule has 0 unspecified atom stereocenters. The second kappa shape index (κ2) is 12.4. The van der Waals surface area contributed by atoms with Gasteiger partial charge in [-0.1, -0.05) is 44.1 Å². The first-order valence-electron chi connectivity index (χ1n) is 17.1. The molecular formula is C36H54O12. The van der Waals surface area contributed by atoms with Crippen LogP contribution in [0.1, 0.15) is 80.6 Å². The summed E-state index contributed by atoms with van der Waals surface area (Å²) in [6.45, 7) is 11.6. The van der Waals surface area contributed by atoms with Gasteiger partial charge in [0.05, 0.1) is 19.3 Å². The molecule has 5 rings (SSSR count). The highest BCUT2D eigenvalue weighted by molar-refractivity contribution is 5.95. The third-order valence-corrected chi connectivity index (χ3v) is 13.6. The molecule has 7 N–H and O–H groups in total. The monoisotopic (exact) mass is 678 g/mol. The Morgan fingerprint density at radius 3 is 2.29 bits per heavy atom. The maximum Gasteiger partial charge on any atom is 0.187 e. The van der Waals surface area contributed by atoms with Crippen molar-refractivity contribution in [3.8, 4) is 0 Å².